The zero-order valence-electron chi connectivity index (χ0n) is 23.7. The molecule has 5 N–H and O–H groups in total. The Hall–Kier alpha value is -4.49. The van der Waals surface area contributed by atoms with Gasteiger partial charge < -0.3 is 30.6 Å². The Morgan fingerprint density at radius 2 is 1.84 bits per heavy atom. The van der Waals surface area contributed by atoms with E-state index in [0.29, 0.717) is 29.5 Å². The molecule has 3 aliphatic rings. The van der Waals surface area contributed by atoms with Gasteiger partial charge in [0.25, 0.3) is 5.91 Å². The Morgan fingerprint density at radius 3 is 2.51 bits per heavy atom. The van der Waals surface area contributed by atoms with Crippen molar-refractivity contribution in [1.29, 1.82) is 0 Å². The fraction of sp³-hybridized carbons (Fsp3) is 0.344. The third-order valence-electron chi connectivity index (χ3n) is 8.61. The Bertz CT molecular complexity index is 1890. The highest BCUT2D eigenvalue weighted by Gasteiger charge is 2.59. The fourth-order valence-electron chi connectivity index (χ4n) is 5.68. The average molecular weight is 625 g/mol. The van der Waals surface area contributed by atoms with Crippen LogP contribution in [0.25, 0.3) is 22.2 Å². The molecule has 2 aliphatic carbocycles. The minimum absolute atomic E-state index is 0.0216. The lowest BCUT2D eigenvalue weighted by Crippen LogP contribution is -2.52. The first-order valence-corrected chi connectivity index (χ1v) is 14.5. The number of nitrogens with two attached hydrogens (primary N) is 1. The number of nitrogens with one attached hydrogen (secondary N) is 2. The van der Waals surface area contributed by atoms with E-state index in [1.54, 1.807) is 12.1 Å². The molecule has 0 spiro atoms. The molecule has 0 saturated heterocycles. The molecule has 2 fully saturated rings. The Morgan fingerprint density at radius 1 is 1.11 bits per heavy atom. The van der Waals surface area contributed by atoms with Gasteiger partial charge in [-0.25, -0.2) is 9.37 Å². The number of aromatic amines is 1. The molecule has 0 radical (unpaired) electrons. The summed E-state index contributed by atoms with van der Waals surface area (Å²) in [4.78, 5) is 32.7. The van der Waals surface area contributed by atoms with Crippen LogP contribution in [0.3, 0.4) is 0 Å². The molecule has 4 aromatic rings. The number of ether oxygens (including phenoxy) is 2. The van der Waals surface area contributed by atoms with Crippen LogP contribution < -0.4 is 26.1 Å². The van der Waals surface area contributed by atoms with Crippen LogP contribution in [0.5, 0.6) is 11.5 Å². The second kappa shape index (κ2) is 10.3. The van der Waals surface area contributed by atoms with Gasteiger partial charge in [0.2, 0.25) is 5.56 Å². The Labute approximate surface area is 253 Å². The zero-order chi connectivity index (χ0) is 31.7. The third-order valence-corrected chi connectivity index (χ3v) is 8.61. The lowest BCUT2D eigenvalue weighted by Gasteiger charge is -2.31. The molecule has 9 nitrogen and oxygen atoms in total. The number of halogens is 4. The molecule has 45 heavy (non-hydrogen) atoms. The lowest BCUT2D eigenvalue weighted by atomic mass is 9.86. The molecule has 13 heteroatoms. The van der Waals surface area contributed by atoms with E-state index in [4.69, 9.17) is 15.2 Å². The van der Waals surface area contributed by atoms with Gasteiger partial charge in [-0.15, -0.1) is 0 Å². The van der Waals surface area contributed by atoms with Crippen molar-refractivity contribution in [3.8, 4) is 22.8 Å². The van der Waals surface area contributed by atoms with Crippen molar-refractivity contribution in [3.05, 3.63) is 87.6 Å². The number of H-pyrrole nitrogens is 1. The van der Waals surface area contributed by atoms with E-state index in [0.717, 1.165) is 31.0 Å². The van der Waals surface area contributed by atoms with Crippen LogP contribution in [0.4, 0.5) is 17.6 Å². The normalized spacial score (nSPS) is 20.8. The van der Waals surface area contributed by atoms with Gasteiger partial charge in [-0.2, -0.15) is 13.2 Å². The number of amides is 1. The number of alkyl halides is 3. The topological polar surface area (TPSA) is 140 Å². The highest BCUT2D eigenvalue weighted by molar-refractivity contribution is 6.00. The molecule has 0 unspecified atom stereocenters. The molecule has 3 heterocycles. The summed E-state index contributed by atoms with van der Waals surface area (Å²) in [6.45, 7) is -1.28. The summed E-state index contributed by atoms with van der Waals surface area (Å²) in [6.07, 6.45) is -2.14. The summed E-state index contributed by atoms with van der Waals surface area (Å²) in [7, 11) is 0. The van der Waals surface area contributed by atoms with Crippen LogP contribution in [-0.4, -0.2) is 46.4 Å². The van der Waals surface area contributed by atoms with Crippen molar-refractivity contribution in [2.24, 2.45) is 11.7 Å². The van der Waals surface area contributed by atoms with E-state index in [1.165, 1.54) is 24.3 Å². The molecule has 2 aromatic heterocycles. The number of aromatic nitrogens is 2. The largest absolute Gasteiger partial charge is 0.488 e. The number of pyridine rings is 2. The van der Waals surface area contributed by atoms with Crippen LogP contribution >= 0.6 is 0 Å². The van der Waals surface area contributed by atoms with Gasteiger partial charge in [-0.3, -0.25) is 9.59 Å². The van der Waals surface area contributed by atoms with E-state index in [-0.39, 0.29) is 46.5 Å². The van der Waals surface area contributed by atoms with Crippen molar-refractivity contribution in [2.45, 2.75) is 49.1 Å². The Balaban J connectivity index is 1.26. The van der Waals surface area contributed by atoms with Gasteiger partial charge in [0.1, 0.15) is 29.5 Å². The summed E-state index contributed by atoms with van der Waals surface area (Å²) in [6, 6.07) is 12.0. The van der Waals surface area contributed by atoms with Crippen LogP contribution in [0.15, 0.2) is 59.4 Å². The average Bonchev–Trinajstić information content (AvgIpc) is 3.94. The van der Waals surface area contributed by atoms with Crippen LogP contribution in [0, 0.1) is 11.7 Å². The molecule has 2 aromatic carbocycles. The first kappa shape index (κ1) is 29.2. The van der Waals surface area contributed by atoms with E-state index >= 15 is 0 Å². The quantitative estimate of drug-likeness (QED) is 0.213. The second-order valence-corrected chi connectivity index (χ2v) is 12.0. The monoisotopic (exact) mass is 624 g/mol. The highest BCUT2D eigenvalue weighted by atomic mass is 19.4. The van der Waals surface area contributed by atoms with Crippen molar-refractivity contribution in [3.63, 3.8) is 0 Å². The number of hydrogen-bond acceptors (Lipinski definition) is 7. The van der Waals surface area contributed by atoms with E-state index in [1.807, 2.05) is 0 Å². The number of hydrogen-bond donors (Lipinski definition) is 4. The zero-order valence-corrected chi connectivity index (χ0v) is 23.7. The first-order chi connectivity index (χ1) is 21.4. The molecule has 1 amide bonds. The molecule has 0 bridgehead atoms. The van der Waals surface area contributed by atoms with Gasteiger partial charge in [0.15, 0.2) is 11.3 Å². The van der Waals surface area contributed by atoms with Gasteiger partial charge in [-0.1, -0.05) is 0 Å². The van der Waals surface area contributed by atoms with Crippen LogP contribution in [0.2, 0.25) is 0 Å². The van der Waals surface area contributed by atoms with Gasteiger partial charge in [0, 0.05) is 28.1 Å². The first-order valence-electron chi connectivity index (χ1n) is 14.5. The molecule has 234 valence electrons. The van der Waals surface area contributed by atoms with E-state index in [9.17, 15) is 32.3 Å². The number of carbonyl (C=O) groups is 1. The van der Waals surface area contributed by atoms with Gasteiger partial charge >= 0.3 is 6.18 Å². The number of fused-ring (bicyclic) bond motifs is 2. The van der Waals surface area contributed by atoms with Gasteiger partial charge in [0.05, 0.1) is 23.9 Å². The summed E-state index contributed by atoms with van der Waals surface area (Å²) < 4.78 is 68.0. The predicted molar refractivity (Wildman–Crippen MR) is 154 cm³/mol. The molecular formula is C32H28F4N4O5. The molecule has 7 rings (SSSR count). The highest BCUT2D eigenvalue weighted by Crippen LogP contribution is 2.52. The Kier molecular flexibility index (Phi) is 6.68. The number of nitrogens with zero attached hydrogens (tertiary/aromatic N) is 1. The summed E-state index contributed by atoms with van der Waals surface area (Å²) in [5.74, 6) is -1.41. The minimum Gasteiger partial charge on any atom is -0.488 e. The number of rotatable bonds is 8. The summed E-state index contributed by atoms with van der Waals surface area (Å²) in [5, 5.41) is 15.3. The number of aliphatic hydroxyl groups is 1. The van der Waals surface area contributed by atoms with E-state index in [2.05, 4.69) is 15.3 Å². The molecule has 2 saturated carbocycles. The second-order valence-electron chi connectivity index (χ2n) is 12.0. The smallest absolute Gasteiger partial charge is 0.414 e. The molecule has 1 aliphatic heterocycles. The number of carbonyl (C=O) groups excluding carboxylic acids is 1. The van der Waals surface area contributed by atoms with Crippen molar-refractivity contribution in [2.75, 3.05) is 13.2 Å². The molecular weight excluding hydrogens is 596 g/mol. The minimum atomic E-state index is -4.90. The summed E-state index contributed by atoms with van der Waals surface area (Å²) in [5.41, 5.74) is 1.18. The van der Waals surface area contributed by atoms with Crippen molar-refractivity contribution in [1.82, 2.24) is 15.3 Å². The van der Waals surface area contributed by atoms with Crippen LogP contribution in [0.1, 0.15) is 47.3 Å². The van der Waals surface area contributed by atoms with Crippen molar-refractivity contribution < 1.29 is 36.9 Å². The number of benzene rings is 2. The maximum Gasteiger partial charge on any atom is 0.414 e. The maximum absolute atomic E-state index is 14.3. The summed E-state index contributed by atoms with van der Waals surface area (Å²) >= 11 is 0. The SMILES string of the molecule is N[C@@]1(C(F)(F)F)COc2c1cc([C@@](O)(CNC(=O)c1cc(OC3CC3)c3[nH]c(=O)ccc3c1)C1CC1)nc2-c1ccc(F)cc1. The van der Waals surface area contributed by atoms with Gasteiger partial charge in [-0.05, 0) is 80.1 Å². The molecule has 2 atom stereocenters. The predicted octanol–water partition coefficient (Wildman–Crippen LogP) is 4.41. The lowest BCUT2D eigenvalue weighted by molar-refractivity contribution is -0.191. The van der Waals surface area contributed by atoms with E-state index < -0.39 is 47.1 Å². The maximum atomic E-state index is 14.3. The standard InChI is InChI=1S/C32H28F4N4O5/c33-20-6-1-16(2-7-20)27-28-22(31(37,15-44-28)32(34,35)36)13-24(39-27)30(43,19-4-5-19)14-38-29(42)18-11-17-3-10-25(41)40-26(17)23(12-18)45-21-8-9-21/h1-3,6-7,10-13,19,21,43H,4-5,8-9,14-15,37H2,(H,38,42)(H,40,41)/t30-,31+/m1/s1. The van der Waals surface area contributed by atoms with Crippen molar-refractivity contribution >= 4 is 16.8 Å². The van der Waals surface area contributed by atoms with Crippen LogP contribution in [-0.2, 0) is 11.1 Å². The fourth-order valence-corrected chi connectivity index (χ4v) is 5.68. The third kappa shape index (κ3) is 5.19.